The van der Waals surface area contributed by atoms with Gasteiger partial charge in [-0.2, -0.15) is 0 Å². The molecule has 1 aliphatic heterocycles. The summed E-state index contributed by atoms with van der Waals surface area (Å²) in [4.78, 5) is 0. The van der Waals surface area contributed by atoms with E-state index in [4.69, 9.17) is 4.74 Å². The fraction of sp³-hybridized carbons (Fsp3) is 0.600. The third-order valence-electron chi connectivity index (χ3n) is 3.54. The Balaban J connectivity index is 2.15. The minimum Gasteiger partial charge on any atom is -0.380 e. The Labute approximate surface area is 121 Å². The highest BCUT2D eigenvalue weighted by Crippen LogP contribution is 2.24. The quantitative estimate of drug-likeness (QED) is 0.877. The molecule has 1 saturated heterocycles. The molecule has 1 fully saturated rings. The highest BCUT2D eigenvalue weighted by atomic mass is 32.2. The van der Waals surface area contributed by atoms with Crippen molar-refractivity contribution in [2.75, 3.05) is 13.2 Å². The Bertz CT molecular complexity index is 507. The van der Waals surface area contributed by atoms with Gasteiger partial charge < -0.3 is 4.74 Å². The van der Waals surface area contributed by atoms with Gasteiger partial charge in [0.25, 0.3) is 0 Å². The van der Waals surface area contributed by atoms with E-state index < -0.39 is 15.3 Å². The highest BCUT2D eigenvalue weighted by molar-refractivity contribution is 7.90. The lowest BCUT2D eigenvalue weighted by Crippen LogP contribution is -2.37. The van der Waals surface area contributed by atoms with Crippen LogP contribution in [0.15, 0.2) is 30.3 Å². The molecular weight excluding hydrogens is 274 g/mol. The van der Waals surface area contributed by atoms with Gasteiger partial charge in [-0.1, -0.05) is 44.2 Å². The Kier molecular flexibility index (Phi) is 5.18. The molecule has 0 radical (unpaired) electrons. The zero-order chi connectivity index (χ0) is 14.6. The average Bonchev–Trinajstić information content (AvgIpc) is 2.93. The monoisotopic (exact) mass is 297 g/mol. The van der Waals surface area contributed by atoms with Crippen LogP contribution < -0.4 is 4.72 Å². The first kappa shape index (κ1) is 15.5. The second kappa shape index (κ2) is 6.70. The van der Waals surface area contributed by atoms with Crippen LogP contribution in [0.1, 0.15) is 38.3 Å². The maximum Gasteiger partial charge on any atom is 0.217 e. The Morgan fingerprint density at radius 2 is 2.00 bits per heavy atom. The van der Waals surface area contributed by atoms with Crippen molar-refractivity contribution in [3.8, 4) is 0 Å². The van der Waals surface area contributed by atoms with Crippen molar-refractivity contribution in [2.24, 2.45) is 5.92 Å². The summed E-state index contributed by atoms with van der Waals surface area (Å²) >= 11 is 0. The molecule has 0 saturated carbocycles. The van der Waals surface area contributed by atoms with Crippen molar-refractivity contribution in [3.05, 3.63) is 35.9 Å². The summed E-state index contributed by atoms with van der Waals surface area (Å²) in [5.74, 6) is 0.419. The van der Waals surface area contributed by atoms with Crippen LogP contribution in [0.25, 0.3) is 0 Å². The van der Waals surface area contributed by atoms with E-state index in [0.29, 0.717) is 25.6 Å². The van der Waals surface area contributed by atoms with Gasteiger partial charge in [-0.05, 0) is 24.3 Å². The zero-order valence-electron chi connectivity index (χ0n) is 12.1. The Morgan fingerprint density at radius 3 is 2.55 bits per heavy atom. The smallest absolute Gasteiger partial charge is 0.217 e. The van der Waals surface area contributed by atoms with Gasteiger partial charge in [0.15, 0.2) is 0 Å². The summed E-state index contributed by atoms with van der Waals surface area (Å²) in [6.07, 6.45) is 1.37. The molecule has 0 bridgehead atoms. The van der Waals surface area contributed by atoms with Gasteiger partial charge in [-0.25, -0.2) is 13.1 Å². The maximum absolute atomic E-state index is 12.4. The summed E-state index contributed by atoms with van der Waals surface area (Å²) in [6.45, 7) is 5.04. The van der Waals surface area contributed by atoms with Crippen LogP contribution >= 0.6 is 0 Å². The highest BCUT2D eigenvalue weighted by Gasteiger charge is 2.31. The first-order valence-electron chi connectivity index (χ1n) is 7.13. The van der Waals surface area contributed by atoms with Gasteiger partial charge in [0.05, 0.1) is 6.61 Å². The summed E-state index contributed by atoms with van der Waals surface area (Å²) in [5.41, 5.74) is 1.02. The lowest BCUT2D eigenvalue weighted by molar-refractivity contribution is 0.198. The molecule has 2 rings (SSSR count). The summed E-state index contributed by atoms with van der Waals surface area (Å²) in [6, 6.07) is 9.60. The van der Waals surface area contributed by atoms with Crippen LogP contribution in [0.2, 0.25) is 0 Å². The van der Waals surface area contributed by atoms with Gasteiger partial charge in [-0.3, -0.25) is 0 Å². The number of rotatable bonds is 6. The standard InChI is InChI=1S/C15H23NO3S/c1-12(2)10-15(13-6-4-3-5-7-13)16-20(17,18)14-8-9-19-11-14/h3-7,12,14-16H,8-11H2,1-2H3/t14-,15-/m1/s1. The number of ether oxygens (including phenoxy) is 1. The summed E-state index contributed by atoms with van der Waals surface area (Å²) in [7, 11) is -3.33. The van der Waals surface area contributed by atoms with Gasteiger partial charge in [0.2, 0.25) is 10.0 Å². The van der Waals surface area contributed by atoms with Gasteiger partial charge in [-0.15, -0.1) is 0 Å². The molecule has 1 N–H and O–H groups in total. The number of sulfonamides is 1. The molecule has 0 spiro atoms. The molecule has 5 heteroatoms. The van der Waals surface area contributed by atoms with E-state index >= 15 is 0 Å². The van der Waals surface area contributed by atoms with Crippen LogP contribution in [-0.4, -0.2) is 26.9 Å². The SMILES string of the molecule is CC(C)C[C@@H](NS(=O)(=O)[C@@H]1CCOC1)c1ccccc1. The van der Waals surface area contributed by atoms with Crippen molar-refractivity contribution in [1.29, 1.82) is 0 Å². The second-order valence-corrected chi connectivity index (χ2v) is 7.73. The van der Waals surface area contributed by atoms with Gasteiger partial charge in [0.1, 0.15) is 5.25 Å². The van der Waals surface area contributed by atoms with Crippen LogP contribution in [0.4, 0.5) is 0 Å². The predicted molar refractivity (Wildman–Crippen MR) is 79.9 cm³/mol. The van der Waals surface area contributed by atoms with Crippen molar-refractivity contribution in [3.63, 3.8) is 0 Å². The summed E-state index contributed by atoms with van der Waals surface area (Å²) < 4.78 is 32.9. The molecule has 1 aliphatic rings. The van der Waals surface area contributed by atoms with E-state index in [1.165, 1.54) is 0 Å². The van der Waals surface area contributed by atoms with Crippen LogP contribution in [0.5, 0.6) is 0 Å². The lowest BCUT2D eigenvalue weighted by atomic mass is 9.98. The van der Waals surface area contributed by atoms with E-state index in [0.717, 1.165) is 12.0 Å². The van der Waals surface area contributed by atoms with Gasteiger partial charge in [0, 0.05) is 12.6 Å². The zero-order valence-corrected chi connectivity index (χ0v) is 12.9. The topological polar surface area (TPSA) is 55.4 Å². The number of benzene rings is 1. The molecule has 4 nitrogen and oxygen atoms in total. The van der Waals surface area contributed by atoms with Crippen molar-refractivity contribution < 1.29 is 13.2 Å². The fourth-order valence-corrected chi connectivity index (χ4v) is 3.96. The van der Waals surface area contributed by atoms with E-state index in [9.17, 15) is 8.42 Å². The average molecular weight is 297 g/mol. The van der Waals surface area contributed by atoms with E-state index in [-0.39, 0.29) is 6.04 Å². The molecule has 20 heavy (non-hydrogen) atoms. The molecule has 1 aromatic carbocycles. The molecule has 112 valence electrons. The lowest BCUT2D eigenvalue weighted by Gasteiger charge is -2.22. The Morgan fingerprint density at radius 1 is 1.30 bits per heavy atom. The number of hydrogen-bond donors (Lipinski definition) is 1. The van der Waals surface area contributed by atoms with E-state index in [1.54, 1.807) is 0 Å². The molecular formula is C15H23NO3S. The predicted octanol–water partition coefficient (Wildman–Crippen LogP) is 2.48. The van der Waals surface area contributed by atoms with Crippen LogP contribution in [0.3, 0.4) is 0 Å². The minimum absolute atomic E-state index is 0.165. The van der Waals surface area contributed by atoms with Crippen LogP contribution in [0, 0.1) is 5.92 Å². The van der Waals surface area contributed by atoms with E-state index in [2.05, 4.69) is 18.6 Å². The van der Waals surface area contributed by atoms with Gasteiger partial charge >= 0.3 is 0 Å². The fourth-order valence-electron chi connectivity index (χ4n) is 2.46. The normalized spacial score (nSPS) is 21.2. The molecule has 0 unspecified atom stereocenters. The largest absolute Gasteiger partial charge is 0.380 e. The molecule has 0 amide bonds. The molecule has 1 heterocycles. The van der Waals surface area contributed by atoms with Crippen molar-refractivity contribution in [2.45, 2.75) is 38.0 Å². The Hall–Kier alpha value is -0.910. The first-order chi connectivity index (χ1) is 9.49. The minimum atomic E-state index is -3.33. The maximum atomic E-state index is 12.4. The molecule has 0 aliphatic carbocycles. The number of nitrogens with one attached hydrogen (secondary N) is 1. The van der Waals surface area contributed by atoms with E-state index in [1.807, 2.05) is 30.3 Å². The van der Waals surface area contributed by atoms with Crippen LogP contribution in [-0.2, 0) is 14.8 Å². The molecule has 1 aromatic rings. The van der Waals surface area contributed by atoms with Crippen molar-refractivity contribution >= 4 is 10.0 Å². The third-order valence-corrected chi connectivity index (χ3v) is 5.40. The second-order valence-electron chi connectivity index (χ2n) is 5.74. The number of hydrogen-bond acceptors (Lipinski definition) is 3. The molecule has 0 aromatic heterocycles. The van der Waals surface area contributed by atoms with Crippen molar-refractivity contribution in [1.82, 2.24) is 4.72 Å². The molecule has 2 atom stereocenters. The first-order valence-corrected chi connectivity index (χ1v) is 8.67. The summed E-state index contributed by atoms with van der Waals surface area (Å²) in [5, 5.41) is -0.416. The third kappa shape index (κ3) is 4.04.